The number of halogens is 7. The zero-order valence-corrected chi connectivity index (χ0v) is 19.9. The number of rotatable bonds is 1. The van der Waals surface area contributed by atoms with Gasteiger partial charge < -0.3 is 4.65 Å². The molecule has 0 aliphatic heterocycles. The van der Waals surface area contributed by atoms with E-state index in [2.05, 4.69) is 11.2 Å². The largest absolute Gasteiger partial charge is 0.372 e. The molecule has 5 atom stereocenters. The summed E-state index contributed by atoms with van der Waals surface area (Å²) >= 11 is 44.5. The normalized spacial score (nSPS) is 46.4. The topological polar surface area (TPSA) is 12.0 Å². The van der Waals surface area contributed by atoms with Crippen molar-refractivity contribution < 1.29 is 0 Å². The van der Waals surface area contributed by atoms with E-state index in [9.17, 15) is 0 Å². The monoisotopic (exact) mass is 461 g/mol. The molecule has 5 unspecified atom stereocenters. The first kappa shape index (κ1) is 19.2. The minimum Gasteiger partial charge on any atom is -0.372 e. The predicted octanol–water partition coefficient (Wildman–Crippen LogP) is 3.23. The summed E-state index contributed by atoms with van der Waals surface area (Å²) in [6.07, 6.45) is 3.69. The molecule has 0 amide bonds. The molecule has 1 saturated carbocycles. The minimum absolute atomic E-state index is 0.205. The van der Waals surface area contributed by atoms with E-state index in [-0.39, 0.29) is 37.0 Å². The van der Waals surface area contributed by atoms with E-state index >= 15 is 0 Å². The zero-order valence-electron chi connectivity index (χ0n) is 11.2. The van der Waals surface area contributed by atoms with Crippen molar-refractivity contribution in [1.29, 1.82) is 0 Å². The van der Waals surface area contributed by atoms with Gasteiger partial charge in [-0.25, -0.2) is 0 Å². The van der Waals surface area contributed by atoms with Crippen LogP contribution in [0.15, 0.2) is 22.2 Å². The Morgan fingerprint density at radius 2 is 1.57 bits per heavy atom. The second-order valence-electron chi connectivity index (χ2n) is 5.21. The number of hydrogen-bond acceptors (Lipinski definition) is 1. The fourth-order valence-corrected chi connectivity index (χ4v) is 6.60. The molecular weight excluding hydrogens is 450 g/mol. The third kappa shape index (κ3) is 2.26. The molecule has 1 N–H and O–H groups in total. The van der Waals surface area contributed by atoms with Crippen molar-refractivity contribution in [2.75, 3.05) is 0 Å². The maximum atomic E-state index is 6.57. The second kappa shape index (κ2) is 6.32. The average Bonchev–Trinajstić information content (AvgIpc) is 2.93. The lowest BCUT2D eigenvalue weighted by Crippen LogP contribution is -2.45. The summed E-state index contributed by atoms with van der Waals surface area (Å²) in [6, 6.07) is 0. The van der Waals surface area contributed by atoms with Gasteiger partial charge in [-0.2, -0.15) is 0 Å². The highest BCUT2D eigenvalue weighted by molar-refractivity contribution is 6.66. The Labute approximate surface area is 165 Å². The number of allylic oxidation sites excluding steroid dienone is 4. The van der Waals surface area contributed by atoms with Gasteiger partial charge in [0.25, 0.3) is 0 Å². The van der Waals surface area contributed by atoms with Crippen LogP contribution >= 0.6 is 81.2 Å². The molecule has 3 rings (SSSR count). The molecule has 0 saturated heterocycles. The second-order valence-corrected chi connectivity index (χ2v) is 12.5. The van der Waals surface area contributed by atoms with Crippen molar-refractivity contribution in [1.82, 2.24) is 4.65 Å². The van der Waals surface area contributed by atoms with E-state index in [1.54, 1.807) is 0 Å². The molecule has 3 aliphatic rings. The number of fused-ring (bicyclic) bond motifs is 5. The van der Waals surface area contributed by atoms with E-state index in [4.69, 9.17) is 81.2 Å². The molecule has 0 heterocycles. The van der Waals surface area contributed by atoms with E-state index in [1.165, 1.54) is 10.4 Å². The molecule has 120 valence electrons. The lowest BCUT2D eigenvalue weighted by atomic mass is 9.84. The Balaban J connectivity index is 0.000000361. The van der Waals surface area contributed by atoms with Crippen LogP contribution in [0.3, 0.4) is 0 Å². The van der Waals surface area contributed by atoms with E-state index in [1.807, 2.05) is 12.2 Å². The number of hydrogen-bond donors (Lipinski definition) is 1. The summed E-state index contributed by atoms with van der Waals surface area (Å²) in [6.45, 7) is 2.24. The van der Waals surface area contributed by atoms with Gasteiger partial charge in [0, 0.05) is 11.8 Å². The number of nitrogens with one attached hydrogen (secondary N) is 1. The predicted molar refractivity (Wildman–Crippen MR) is 104 cm³/mol. The molecule has 0 aromatic rings. The third-order valence-corrected chi connectivity index (χ3v) is 11.8. The Morgan fingerprint density at radius 3 is 2.05 bits per heavy atom. The summed E-state index contributed by atoms with van der Waals surface area (Å²) in [5, 5.41) is 0.113. The van der Waals surface area contributed by atoms with Gasteiger partial charge in [-0.3, -0.25) is 0 Å². The molecule has 1 nitrogen and oxygen atoms in total. The van der Waals surface area contributed by atoms with Crippen LogP contribution in [0.25, 0.3) is 0 Å². The maximum Gasteiger partial charge on any atom is 0.167 e. The van der Waals surface area contributed by atoms with Crippen LogP contribution in [-0.2, 0) is 0 Å². The lowest BCUT2D eigenvalue weighted by Gasteiger charge is -2.34. The van der Waals surface area contributed by atoms with Gasteiger partial charge in [0.2, 0.25) is 0 Å². The highest BCUT2D eigenvalue weighted by atomic mass is 35.5. The molecule has 10 heteroatoms. The Kier molecular flexibility index (Phi) is 5.79. The molecule has 0 radical (unpaired) electrons. The van der Waals surface area contributed by atoms with Gasteiger partial charge >= 0.3 is 0 Å². The van der Waals surface area contributed by atoms with Crippen molar-refractivity contribution in [2.45, 2.75) is 26.0 Å². The van der Waals surface area contributed by atoms with Crippen molar-refractivity contribution in [3.05, 3.63) is 22.2 Å². The zero-order chi connectivity index (χ0) is 16.2. The van der Waals surface area contributed by atoms with E-state index in [0.29, 0.717) is 0 Å². The van der Waals surface area contributed by atoms with E-state index in [0.717, 1.165) is 0 Å². The lowest BCUT2D eigenvalue weighted by molar-refractivity contribution is 0.420. The highest BCUT2D eigenvalue weighted by Gasteiger charge is 2.83. The summed E-state index contributed by atoms with van der Waals surface area (Å²) in [5.41, 5.74) is 0. The van der Waals surface area contributed by atoms with Gasteiger partial charge in [0.05, 0.1) is 35.5 Å². The molecule has 21 heavy (non-hydrogen) atoms. The van der Waals surface area contributed by atoms with Crippen LogP contribution in [0.1, 0.15) is 0 Å². The Bertz CT molecular complexity index is 509. The van der Waals surface area contributed by atoms with Gasteiger partial charge in [-0.05, 0) is 0 Å². The van der Waals surface area contributed by atoms with Crippen LogP contribution in [0, 0.1) is 11.8 Å². The van der Waals surface area contributed by atoms with Gasteiger partial charge in [0.15, 0.2) is 4.33 Å². The van der Waals surface area contributed by atoms with Crippen LogP contribution in [0.5, 0.6) is 0 Å². The minimum atomic E-state index is -1.48. The smallest absolute Gasteiger partial charge is 0.167 e. The third-order valence-electron chi connectivity index (χ3n) is 4.25. The van der Waals surface area contributed by atoms with Gasteiger partial charge in [0.1, 0.15) is 9.75 Å². The molecule has 1 fully saturated rings. The van der Waals surface area contributed by atoms with Crippen molar-refractivity contribution in [3.63, 3.8) is 0 Å². The van der Waals surface area contributed by atoms with Crippen molar-refractivity contribution in [3.8, 4) is 0 Å². The Morgan fingerprint density at radius 1 is 1.10 bits per heavy atom. The summed E-state index contributed by atoms with van der Waals surface area (Å²) in [7, 11) is 1.44. The van der Waals surface area contributed by atoms with Crippen LogP contribution < -0.4 is 4.65 Å². The fraction of sp³-hybridized carbons (Fsp3) is 0.636. The molecule has 3 aliphatic carbocycles. The molecule has 0 aromatic carbocycles. The quantitative estimate of drug-likeness (QED) is 0.357. The number of alkyl halides is 5. The van der Waals surface area contributed by atoms with Crippen molar-refractivity contribution in [2.24, 2.45) is 11.8 Å². The SMILES string of the molecule is C[SiH2]N[SiH3].ClC1=C(Cl)C2(Cl)C3C(Cl)C=CC3C1(Cl)C2(Cl)Cl. The molecule has 2 bridgehead atoms. The summed E-state index contributed by atoms with van der Waals surface area (Å²) in [5.74, 6) is -0.470. The first-order valence-electron chi connectivity index (χ1n) is 6.41. The van der Waals surface area contributed by atoms with Gasteiger partial charge in [-0.15, -0.1) is 34.8 Å². The molecule has 0 spiro atoms. The standard InChI is InChI=1S/C10H5Cl7.CH9NSi2/c11-4-2-1-3-5(4)9(15)7(13)6(12)8(3,14)10(9,16)17;1-4-2-3/h1-5H;2H,4H2,1,3H3. The summed E-state index contributed by atoms with van der Waals surface area (Å²) < 4.78 is 1.73. The van der Waals surface area contributed by atoms with Gasteiger partial charge in [-0.1, -0.05) is 65.1 Å². The van der Waals surface area contributed by atoms with Crippen LogP contribution in [-0.4, -0.2) is 39.5 Å². The van der Waals surface area contributed by atoms with Crippen molar-refractivity contribution >= 4 is 101 Å². The molecule has 0 aromatic heterocycles. The fourth-order valence-electron chi connectivity index (χ4n) is 3.08. The molecular formula is C11H14Cl7NSi2. The first-order valence-corrected chi connectivity index (χ1v) is 12.2. The van der Waals surface area contributed by atoms with E-state index < -0.39 is 14.1 Å². The van der Waals surface area contributed by atoms with Crippen LogP contribution in [0.2, 0.25) is 6.55 Å². The van der Waals surface area contributed by atoms with Crippen LogP contribution in [0.4, 0.5) is 0 Å². The Hall–Kier alpha value is 1.90. The highest BCUT2D eigenvalue weighted by Crippen LogP contribution is 2.78. The summed E-state index contributed by atoms with van der Waals surface area (Å²) in [4.78, 5) is -2.45. The average molecular weight is 465 g/mol. The maximum absolute atomic E-state index is 6.57. The first-order chi connectivity index (χ1) is 9.62.